The smallest absolute Gasteiger partial charge is 0.183 e. The monoisotopic (exact) mass is 248 g/mol. The van der Waals surface area contributed by atoms with Crippen molar-refractivity contribution in [3.63, 3.8) is 0 Å². The van der Waals surface area contributed by atoms with Gasteiger partial charge in [-0.05, 0) is 24.3 Å². The number of thiazole rings is 1. The lowest BCUT2D eigenvalue weighted by molar-refractivity contribution is 0.102. The molecule has 4 nitrogen and oxygen atoms in total. The van der Waals surface area contributed by atoms with Crippen LogP contribution >= 0.6 is 11.3 Å². The number of hydrogen-bond donors (Lipinski definition) is 2. The van der Waals surface area contributed by atoms with Gasteiger partial charge in [-0.25, -0.2) is 4.98 Å². The van der Waals surface area contributed by atoms with Crippen molar-refractivity contribution in [2.24, 2.45) is 0 Å². The van der Waals surface area contributed by atoms with Gasteiger partial charge >= 0.3 is 0 Å². The van der Waals surface area contributed by atoms with Crippen molar-refractivity contribution in [3.05, 3.63) is 29.1 Å². The summed E-state index contributed by atoms with van der Waals surface area (Å²) in [5.74, 6) is 0.189. The van der Waals surface area contributed by atoms with Gasteiger partial charge in [-0.3, -0.25) is 4.79 Å². The number of carbonyl (C=O) groups excluding carboxylic acids is 1. The van der Waals surface area contributed by atoms with Gasteiger partial charge in [0, 0.05) is 19.5 Å². The van der Waals surface area contributed by atoms with Gasteiger partial charge in [0.15, 0.2) is 10.9 Å². The first-order valence-corrected chi connectivity index (χ1v) is 5.92. The van der Waals surface area contributed by atoms with E-state index in [1.165, 1.54) is 18.3 Å². The maximum atomic E-state index is 11.5. The van der Waals surface area contributed by atoms with Crippen molar-refractivity contribution in [1.29, 1.82) is 0 Å². The summed E-state index contributed by atoms with van der Waals surface area (Å²) in [6, 6.07) is 6.65. The minimum atomic E-state index is -0.00734. The Kier molecular flexibility index (Phi) is 3.10. The van der Waals surface area contributed by atoms with Crippen LogP contribution in [0.5, 0.6) is 5.75 Å². The van der Waals surface area contributed by atoms with Crippen LogP contribution in [0.1, 0.15) is 16.6 Å². The number of nitrogens with zero attached hydrogens (tertiary/aromatic N) is 1. The zero-order valence-corrected chi connectivity index (χ0v) is 10.3. The van der Waals surface area contributed by atoms with E-state index in [-0.39, 0.29) is 11.5 Å². The molecule has 0 spiro atoms. The second-order valence-corrected chi connectivity index (χ2v) is 4.55. The molecule has 5 heteroatoms. The first-order valence-electron chi connectivity index (χ1n) is 5.10. The number of ketones is 1. The van der Waals surface area contributed by atoms with Gasteiger partial charge in [-0.2, -0.15) is 0 Å². The summed E-state index contributed by atoms with van der Waals surface area (Å²) in [5, 5.41) is 12.9. The third-order valence-electron chi connectivity index (χ3n) is 2.30. The summed E-state index contributed by atoms with van der Waals surface area (Å²) < 4.78 is 0. The van der Waals surface area contributed by atoms with Crippen LogP contribution < -0.4 is 5.32 Å². The summed E-state index contributed by atoms with van der Waals surface area (Å²) in [5.41, 5.74) is 1.48. The van der Waals surface area contributed by atoms with Gasteiger partial charge < -0.3 is 10.4 Å². The average molecular weight is 248 g/mol. The molecule has 1 aromatic heterocycles. The molecule has 0 bridgehead atoms. The van der Waals surface area contributed by atoms with E-state index in [1.807, 2.05) is 0 Å². The number of aromatic nitrogens is 1. The number of nitrogens with one attached hydrogen (secondary N) is 1. The highest BCUT2D eigenvalue weighted by atomic mass is 32.1. The SMILES string of the molecule is CNc1nc(-c2ccc(O)cc2)c(C(C)=O)s1. The quantitative estimate of drug-likeness (QED) is 0.820. The predicted octanol–water partition coefficient (Wildman–Crippen LogP) is 2.76. The minimum Gasteiger partial charge on any atom is -0.508 e. The van der Waals surface area contributed by atoms with Crippen LogP contribution in [0.15, 0.2) is 24.3 Å². The first kappa shape index (κ1) is 11.6. The normalized spacial score (nSPS) is 10.2. The molecule has 2 N–H and O–H groups in total. The third kappa shape index (κ3) is 2.29. The molecular formula is C12H12N2O2S. The standard InChI is InChI=1S/C12H12N2O2S/c1-7(15)11-10(14-12(13-2)17-11)8-3-5-9(16)6-4-8/h3-6,16H,1-2H3,(H,13,14). The fraction of sp³-hybridized carbons (Fsp3) is 0.167. The second-order valence-electron chi connectivity index (χ2n) is 3.55. The molecule has 88 valence electrons. The van der Waals surface area contributed by atoms with E-state index in [2.05, 4.69) is 10.3 Å². The second kappa shape index (κ2) is 4.55. The Bertz CT molecular complexity index is 546. The van der Waals surface area contributed by atoms with Gasteiger partial charge in [0.25, 0.3) is 0 Å². The Balaban J connectivity index is 2.53. The molecule has 0 aliphatic carbocycles. The van der Waals surface area contributed by atoms with Crippen LogP contribution in [0.2, 0.25) is 0 Å². The number of carbonyl (C=O) groups is 1. The number of phenols is 1. The van der Waals surface area contributed by atoms with Crippen LogP contribution in [-0.2, 0) is 0 Å². The zero-order valence-electron chi connectivity index (χ0n) is 9.52. The number of anilines is 1. The van der Waals surface area contributed by atoms with Crippen LogP contribution in [0.25, 0.3) is 11.3 Å². The maximum absolute atomic E-state index is 11.5. The number of benzene rings is 1. The summed E-state index contributed by atoms with van der Waals surface area (Å²) in [6.07, 6.45) is 0. The van der Waals surface area contributed by atoms with E-state index in [0.717, 1.165) is 5.56 Å². The lowest BCUT2D eigenvalue weighted by Gasteiger charge is -1.99. The van der Waals surface area contributed by atoms with E-state index in [9.17, 15) is 9.90 Å². The molecule has 2 rings (SSSR count). The fourth-order valence-corrected chi connectivity index (χ4v) is 2.32. The largest absolute Gasteiger partial charge is 0.508 e. The predicted molar refractivity (Wildman–Crippen MR) is 68.8 cm³/mol. The average Bonchev–Trinajstić information content (AvgIpc) is 2.74. The summed E-state index contributed by atoms with van der Waals surface area (Å²) >= 11 is 1.33. The van der Waals surface area contributed by atoms with Crippen LogP contribution in [0.4, 0.5) is 5.13 Å². The first-order chi connectivity index (χ1) is 8.11. The molecular weight excluding hydrogens is 236 g/mol. The molecule has 0 saturated heterocycles. The summed E-state index contributed by atoms with van der Waals surface area (Å²) in [4.78, 5) is 16.5. The topological polar surface area (TPSA) is 62.2 Å². The molecule has 2 aromatic rings. The lowest BCUT2D eigenvalue weighted by Crippen LogP contribution is -1.91. The van der Waals surface area contributed by atoms with Gasteiger partial charge in [0.05, 0.1) is 10.6 Å². The highest BCUT2D eigenvalue weighted by Crippen LogP contribution is 2.31. The van der Waals surface area contributed by atoms with Crippen LogP contribution in [-0.4, -0.2) is 22.9 Å². The third-order valence-corrected chi connectivity index (χ3v) is 3.48. The Labute approximate surface area is 103 Å². The molecule has 1 aromatic carbocycles. The summed E-state index contributed by atoms with van der Waals surface area (Å²) in [7, 11) is 1.77. The number of aromatic hydroxyl groups is 1. The van der Waals surface area contributed by atoms with E-state index >= 15 is 0 Å². The van der Waals surface area contributed by atoms with Gasteiger partial charge in [0.1, 0.15) is 5.75 Å². The summed E-state index contributed by atoms with van der Waals surface area (Å²) in [6.45, 7) is 1.52. The Hall–Kier alpha value is -1.88. The van der Waals surface area contributed by atoms with Crippen LogP contribution in [0, 0.1) is 0 Å². The highest BCUT2D eigenvalue weighted by molar-refractivity contribution is 7.18. The molecule has 0 aliphatic rings. The Morgan fingerprint density at radius 3 is 2.53 bits per heavy atom. The number of rotatable bonds is 3. The number of hydrogen-bond acceptors (Lipinski definition) is 5. The maximum Gasteiger partial charge on any atom is 0.183 e. The van der Waals surface area contributed by atoms with Crippen molar-refractivity contribution in [3.8, 4) is 17.0 Å². The minimum absolute atomic E-state index is 0.00734. The Morgan fingerprint density at radius 1 is 1.35 bits per heavy atom. The van der Waals surface area contributed by atoms with Crippen molar-refractivity contribution in [1.82, 2.24) is 4.98 Å². The molecule has 0 atom stereocenters. The van der Waals surface area contributed by atoms with Gasteiger partial charge in [0.2, 0.25) is 0 Å². The van der Waals surface area contributed by atoms with E-state index in [0.29, 0.717) is 15.7 Å². The van der Waals surface area contributed by atoms with Gasteiger partial charge in [-0.1, -0.05) is 11.3 Å². The molecule has 0 aliphatic heterocycles. The van der Waals surface area contributed by atoms with Crippen molar-refractivity contribution >= 4 is 22.3 Å². The Morgan fingerprint density at radius 2 is 2.00 bits per heavy atom. The van der Waals surface area contributed by atoms with E-state index in [1.54, 1.807) is 31.3 Å². The van der Waals surface area contributed by atoms with Crippen LogP contribution in [0.3, 0.4) is 0 Å². The molecule has 0 saturated carbocycles. The van der Waals surface area contributed by atoms with Crippen molar-refractivity contribution < 1.29 is 9.90 Å². The highest BCUT2D eigenvalue weighted by Gasteiger charge is 2.15. The molecule has 0 unspecified atom stereocenters. The molecule has 0 amide bonds. The lowest BCUT2D eigenvalue weighted by atomic mass is 10.1. The number of Topliss-reactive ketones (excluding diaryl/α,β-unsaturated/α-hetero) is 1. The number of phenolic OH excluding ortho intramolecular Hbond substituents is 1. The molecule has 0 radical (unpaired) electrons. The molecule has 17 heavy (non-hydrogen) atoms. The fourth-order valence-electron chi connectivity index (χ4n) is 1.48. The molecule has 1 heterocycles. The van der Waals surface area contributed by atoms with E-state index < -0.39 is 0 Å². The van der Waals surface area contributed by atoms with Crippen molar-refractivity contribution in [2.45, 2.75) is 6.92 Å². The van der Waals surface area contributed by atoms with Crippen molar-refractivity contribution in [2.75, 3.05) is 12.4 Å². The molecule has 0 fully saturated rings. The zero-order chi connectivity index (χ0) is 12.4. The van der Waals surface area contributed by atoms with E-state index in [4.69, 9.17) is 0 Å². The van der Waals surface area contributed by atoms with Gasteiger partial charge in [-0.15, -0.1) is 0 Å².